The molecule has 1 nitrogen and oxygen atoms in total. The Morgan fingerprint density at radius 3 is 2.77 bits per heavy atom. The van der Waals surface area contributed by atoms with Crippen molar-refractivity contribution in [2.75, 3.05) is 0 Å². The van der Waals surface area contributed by atoms with Crippen LogP contribution in [0.2, 0.25) is 0 Å². The Labute approximate surface area is 77.7 Å². The molecule has 0 saturated carbocycles. The molecular weight excluding hydrogens is 160 g/mol. The molecule has 0 bridgehead atoms. The number of benzene rings is 1. The van der Waals surface area contributed by atoms with E-state index in [4.69, 9.17) is 4.42 Å². The fraction of sp³-hybridized carbons (Fsp3) is 0.167. The smallest absolute Gasteiger partial charge is 0.135 e. The van der Waals surface area contributed by atoms with E-state index in [2.05, 4.69) is 19.6 Å². The van der Waals surface area contributed by atoms with Gasteiger partial charge >= 0.3 is 0 Å². The first-order chi connectivity index (χ1) is 6.24. The van der Waals surface area contributed by atoms with Crippen molar-refractivity contribution in [2.45, 2.75) is 13.8 Å². The monoisotopic (exact) mass is 172 g/mol. The summed E-state index contributed by atoms with van der Waals surface area (Å²) < 4.78 is 5.60. The van der Waals surface area contributed by atoms with Gasteiger partial charge in [-0.25, -0.2) is 0 Å². The summed E-state index contributed by atoms with van der Waals surface area (Å²) in [5.41, 5.74) is 3.31. The summed E-state index contributed by atoms with van der Waals surface area (Å²) in [6.07, 6.45) is 1.86. The fourth-order valence-corrected chi connectivity index (χ4v) is 1.71. The lowest BCUT2D eigenvalue weighted by atomic mass is 10.1. The summed E-state index contributed by atoms with van der Waals surface area (Å²) >= 11 is 0. The molecule has 2 rings (SSSR count). The van der Waals surface area contributed by atoms with Crippen molar-refractivity contribution in [1.82, 2.24) is 0 Å². The third kappa shape index (κ3) is 1.08. The summed E-state index contributed by atoms with van der Waals surface area (Å²) in [5.74, 6) is 0.944. The average molecular weight is 172 g/mol. The number of aryl methyl sites for hydroxylation is 2. The lowest BCUT2D eigenvalue weighted by Crippen LogP contribution is -1.76. The normalized spacial score (nSPS) is 10.6. The minimum Gasteiger partial charge on any atom is -0.461 e. The quantitative estimate of drug-likeness (QED) is 0.639. The first-order valence-corrected chi connectivity index (χ1v) is 4.35. The zero-order valence-corrected chi connectivity index (χ0v) is 7.92. The van der Waals surface area contributed by atoms with Crippen molar-refractivity contribution in [3.63, 3.8) is 0 Å². The predicted octanol–water partition coefficient (Wildman–Crippen LogP) is 3.69. The Kier molecular flexibility index (Phi) is 1.73. The topological polar surface area (TPSA) is 13.1 Å². The van der Waals surface area contributed by atoms with E-state index in [9.17, 15) is 0 Å². The molecule has 13 heavy (non-hydrogen) atoms. The number of furan rings is 1. The molecular formula is C12H12O. The van der Waals surface area contributed by atoms with Gasteiger partial charge in [-0.1, -0.05) is 24.8 Å². The number of fused-ring (bicyclic) bond motifs is 1. The maximum atomic E-state index is 5.60. The van der Waals surface area contributed by atoms with E-state index in [-0.39, 0.29) is 0 Å². The summed E-state index contributed by atoms with van der Waals surface area (Å²) in [5, 5.41) is 1.19. The van der Waals surface area contributed by atoms with Gasteiger partial charge in [-0.15, -0.1) is 0 Å². The zero-order chi connectivity index (χ0) is 9.42. The average Bonchev–Trinajstić information content (AvgIpc) is 2.42. The summed E-state index contributed by atoms with van der Waals surface area (Å²) in [7, 11) is 0. The molecule has 0 saturated heterocycles. The van der Waals surface area contributed by atoms with Crippen molar-refractivity contribution in [3.05, 3.63) is 41.7 Å². The first kappa shape index (κ1) is 8.11. The molecule has 0 amide bonds. The Balaban J connectivity index is 2.96. The molecule has 0 spiro atoms. The van der Waals surface area contributed by atoms with E-state index in [0.29, 0.717) is 0 Å². The van der Waals surface area contributed by atoms with Gasteiger partial charge in [0.1, 0.15) is 11.3 Å². The van der Waals surface area contributed by atoms with Crippen molar-refractivity contribution in [1.29, 1.82) is 0 Å². The molecule has 1 aromatic heterocycles. The largest absolute Gasteiger partial charge is 0.461 e. The molecule has 0 atom stereocenters. The first-order valence-electron chi connectivity index (χ1n) is 4.35. The van der Waals surface area contributed by atoms with Gasteiger partial charge in [-0.3, -0.25) is 0 Å². The Morgan fingerprint density at radius 2 is 2.08 bits per heavy atom. The number of hydrogen-bond acceptors (Lipinski definition) is 1. The minimum absolute atomic E-state index is 0.944. The molecule has 66 valence electrons. The van der Waals surface area contributed by atoms with Crippen LogP contribution in [0.1, 0.15) is 16.9 Å². The van der Waals surface area contributed by atoms with Crippen LogP contribution >= 0.6 is 0 Å². The molecule has 0 fully saturated rings. The van der Waals surface area contributed by atoms with Crippen LogP contribution in [-0.4, -0.2) is 0 Å². The van der Waals surface area contributed by atoms with Crippen LogP contribution in [0.15, 0.2) is 29.2 Å². The summed E-state index contributed by atoms with van der Waals surface area (Å²) in [4.78, 5) is 0. The molecule has 0 radical (unpaired) electrons. The van der Waals surface area contributed by atoms with Gasteiger partial charge in [0.15, 0.2) is 0 Å². The minimum atomic E-state index is 0.944. The molecule has 1 heteroatoms. The van der Waals surface area contributed by atoms with E-state index in [1.165, 1.54) is 10.9 Å². The van der Waals surface area contributed by atoms with Crippen LogP contribution in [-0.2, 0) is 0 Å². The van der Waals surface area contributed by atoms with Gasteiger partial charge in [0.2, 0.25) is 0 Å². The maximum Gasteiger partial charge on any atom is 0.135 e. The van der Waals surface area contributed by atoms with E-state index in [0.717, 1.165) is 16.9 Å². The fourth-order valence-electron chi connectivity index (χ4n) is 1.71. The van der Waals surface area contributed by atoms with Crippen LogP contribution < -0.4 is 0 Å². The van der Waals surface area contributed by atoms with E-state index < -0.39 is 0 Å². The lowest BCUT2D eigenvalue weighted by molar-refractivity contribution is 0.577. The van der Waals surface area contributed by atoms with Gasteiger partial charge in [0.25, 0.3) is 0 Å². The van der Waals surface area contributed by atoms with Crippen molar-refractivity contribution in [2.24, 2.45) is 0 Å². The standard InChI is InChI=1S/C12H12O/c1-4-10-9(3)13-11-7-5-6-8(2)12(10)11/h4-7H,1H2,2-3H3. The van der Waals surface area contributed by atoms with Gasteiger partial charge in [-0.2, -0.15) is 0 Å². The Hall–Kier alpha value is -1.50. The van der Waals surface area contributed by atoms with Crippen LogP contribution in [0.5, 0.6) is 0 Å². The molecule has 0 aliphatic rings. The molecule has 2 aromatic rings. The molecule has 0 unspecified atom stereocenters. The number of rotatable bonds is 1. The molecule has 1 heterocycles. The van der Waals surface area contributed by atoms with E-state index in [1.807, 2.05) is 25.1 Å². The lowest BCUT2D eigenvalue weighted by Gasteiger charge is -1.94. The molecule has 1 aromatic carbocycles. The highest BCUT2D eigenvalue weighted by Crippen LogP contribution is 2.28. The third-order valence-corrected chi connectivity index (χ3v) is 2.35. The van der Waals surface area contributed by atoms with Crippen LogP contribution in [0.25, 0.3) is 17.0 Å². The summed E-state index contributed by atoms with van der Waals surface area (Å²) in [6.45, 7) is 7.85. The second kappa shape index (κ2) is 2.77. The summed E-state index contributed by atoms with van der Waals surface area (Å²) in [6, 6.07) is 6.08. The van der Waals surface area contributed by atoms with E-state index >= 15 is 0 Å². The Morgan fingerprint density at radius 1 is 1.31 bits per heavy atom. The number of hydrogen-bond donors (Lipinski definition) is 0. The third-order valence-electron chi connectivity index (χ3n) is 2.35. The Bertz CT molecular complexity index is 463. The van der Waals surface area contributed by atoms with E-state index in [1.54, 1.807) is 0 Å². The van der Waals surface area contributed by atoms with Crippen LogP contribution in [0.4, 0.5) is 0 Å². The van der Waals surface area contributed by atoms with Crippen LogP contribution in [0.3, 0.4) is 0 Å². The highest BCUT2D eigenvalue weighted by molar-refractivity contribution is 5.90. The zero-order valence-electron chi connectivity index (χ0n) is 7.92. The van der Waals surface area contributed by atoms with Gasteiger partial charge in [-0.05, 0) is 25.5 Å². The molecule has 0 aliphatic heterocycles. The van der Waals surface area contributed by atoms with Gasteiger partial charge < -0.3 is 4.42 Å². The maximum absolute atomic E-state index is 5.60. The second-order valence-corrected chi connectivity index (χ2v) is 3.22. The predicted molar refractivity (Wildman–Crippen MR) is 55.8 cm³/mol. The van der Waals surface area contributed by atoms with Crippen molar-refractivity contribution in [3.8, 4) is 0 Å². The van der Waals surface area contributed by atoms with Gasteiger partial charge in [0.05, 0.1) is 0 Å². The van der Waals surface area contributed by atoms with Crippen molar-refractivity contribution < 1.29 is 4.42 Å². The van der Waals surface area contributed by atoms with Crippen LogP contribution in [0, 0.1) is 13.8 Å². The SMILES string of the molecule is C=Cc1c(C)oc2cccc(C)c12. The highest BCUT2D eigenvalue weighted by atomic mass is 16.3. The van der Waals surface area contributed by atoms with Crippen molar-refractivity contribution >= 4 is 17.0 Å². The van der Waals surface area contributed by atoms with Gasteiger partial charge in [0, 0.05) is 10.9 Å². The molecule has 0 N–H and O–H groups in total. The molecule has 0 aliphatic carbocycles. The highest BCUT2D eigenvalue weighted by Gasteiger charge is 2.08. The second-order valence-electron chi connectivity index (χ2n) is 3.22.